The van der Waals surface area contributed by atoms with Gasteiger partial charge in [-0.05, 0) is 104 Å². The Morgan fingerprint density at radius 2 is 1.20 bits per heavy atom. The molecule has 0 unspecified atom stereocenters. The van der Waals surface area contributed by atoms with Gasteiger partial charge in [-0.15, -0.1) is 5.11 Å². The third kappa shape index (κ3) is 8.29. The molecule has 0 radical (unpaired) electrons. The van der Waals surface area contributed by atoms with Crippen LogP contribution in [0.4, 0.5) is 27.1 Å². The number of hydrogen-bond acceptors (Lipinski definition) is 8. The van der Waals surface area contributed by atoms with Gasteiger partial charge in [0.2, 0.25) is 0 Å². The molecular weight excluding hydrogens is 511 g/mol. The van der Waals surface area contributed by atoms with Gasteiger partial charge in [-0.25, -0.2) is 9.18 Å². The first-order valence-electron chi connectivity index (χ1n) is 12.9. The molecule has 0 spiro atoms. The molecule has 0 saturated heterocycles. The van der Waals surface area contributed by atoms with Crippen molar-refractivity contribution in [3.63, 3.8) is 0 Å². The Kier molecular flexibility index (Phi) is 10.0. The van der Waals surface area contributed by atoms with Gasteiger partial charge in [0.05, 0.1) is 35.8 Å². The van der Waals surface area contributed by atoms with Crippen molar-refractivity contribution in [1.82, 2.24) is 0 Å². The molecule has 8 nitrogen and oxygen atoms in total. The number of carbonyl (C=O) groups excluding carboxylic acids is 1. The van der Waals surface area contributed by atoms with E-state index in [1.54, 1.807) is 48.5 Å². The summed E-state index contributed by atoms with van der Waals surface area (Å²) in [5, 5.41) is 16.4. The van der Waals surface area contributed by atoms with E-state index in [4.69, 9.17) is 14.2 Å². The lowest BCUT2D eigenvalue weighted by atomic mass is 10.2. The van der Waals surface area contributed by atoms with Crippen LogP contribution in [0, 0.1) is 5.82 Å². The molecule has 0 aromatic heterocycles. The number of hydrogen-bond donors (Lipinski definition) is 0. The van der Waals surface area contributed by atoms with Crippen LogP contribution in [0.15, 0.2) is 111 Å². The van der Waals surface area contributed by atoms with Gasteiger partial charge in [0.25, 0.3) is 0 Å². The Morgan fingerprint density at radius 3 is 1.77 bits per heavy atom. The van der Waals surface area contributed by atoms with Gasteiger partial charge in [0.1, 0.15) is 22.9 Å². The summed E-state index contributed by atoms with van der Waals surface area (Å²) in [6.45, 7) is 5.24. The Labute approximate surface area is 232 Å². The molecule has 0 saturated carbocycles. The molecule has 0 bridgehead atoms. The fourth-order valence-corrected chi connectivity index (χ4v) is 3.41. The van der Waals surface area contributed by atoms with E-state index in [-0.39, 0.29) is 11.3 Å². The van der Waals surface area contributed by atoms with Gasteiger partial charge < -0.3 is 14.2 Å². The van der Waals surface area contributed by atoms with E-state index in [0.29, 0.717) is 41.8 Å². The lowest BCUT2D eigenvalue weighted by Crippen LogP contribution is -2.08. The van der Waals surface area contributed by atoms with Crippen LogP contribution in [-0.4, -0.2) is 19.2 Å². The highest BCUT2D eigenvalue weighted by Gasteiger charge is 2.12. The molecule has 4 aromatic rings. The molecule has 0 amide bonds. The third-order valence-corrected chi connectivity index (χ3v) is 5.54. The Hall–Kier alpha value is -4.92. The molecule has 0 heterocycles. The maximum Gasteiger partial charge on any atom is 0.343 e. The zero-order chi connectivity index (χ0) is 28.2. The summed E-state index contributed by atoms with van der Waals surface area (Å²) < 4.78 is 31.0. The summed E-state index contributed by atoms with van der Waals surface area (Å²) in [4.78, 5) is 12.5. The fraction of sp³-hybridized carbons (Fsp3) is 0.194. The average molecular weight is 541 g/mol. The Balaban J connectivity index is 1.32. The number of nitrogens with zero attached hydrogens (tertiary/aromatic N) is 4. The predicted molar refractivity (Wildman–Crippen MR) is 151 cm³/mol. The highest BCUT2D eigenvalue weighted by atomic mass is 19.1. The molecular formula is C31H29FN4O4. The van der Waals surface area contributed by atoms with Crippen LogP contribution in [0.25, 0.3) is 0 Å². The lowest BCUT2D eigenvalue weighted by Gasteiger charge is -2.08. The van der Waals surface area contributed by atoms with E-state index in [0.717, 1.165) is 24.7 Å². The predicted octanol–water partition coefficient (Wildman–Crippen LogP) is 9.45. The lowest BCUT2D eigenvalue weighted by molar-refractivity contribution is 0.0734. The zero-order valence-electron chi connectivity index (χ0n) is 22.3. The number of ether oxygens (including phenoxy) is 3. The molecule has 4 aromatic carbocycles. The topological polar surface area (TPSA) is 94.2 Å². The normalized spacial score (nSPS) is 11.2. The molecule has 0 N–H and O–H groups in total. The summed E-state index contributed by atoms with van der Waals surface area (Å²) in [5.41, 5.74) is 1.87. The summed E-state index contributed by atoms with van der Waals surface area (Å²) in [5.74, 6) is 0.420. The Bertz CT molecular complexity index is 1450. The molecule has 4 rings (SSSR count). The summed E-state index contributed by atoms with van der Waals surface area (Å²) in [7, 11) is 0. The largest absolute Gasteiger partial charge is 0.494 e. The van der Waals surface area contributed by atoms with E-state index in [1.165, 1.54) is 12.1 Å². The Morgan fingerprint density at radius 1 is 0.675 bits per heavy atom. The van der Waals surface area contributed by atoms with Crippen LogP contribution >= 0.6 is 0 Å². The van der Waals surface area contributed by atoms with Crippen molar-refractivity contribution in [3.05, 3.63) is 102 Å². The highest BCUT2D eigenvalue weighted by molar-refractivity contribution is 5.91. The van der Waals surface area contributed by atoms with Crippen LogP contribution in [-0.2, 0) is 0 Å². The minimum atomic E-state index is -0.696. The van der Waals surface area contributed by atoms with Crippen molar-refractivity contribution in [2.75, 3.05) is 13.2 Å². The molecule has 40 heavy (non-hydrogen) atoms. The van der Waals surface area contributed by atoms with Crippen molar-refractivity contribution in [2.24, 2.45) is 20.5 Å². The van der Waals surface area contributed by atoms with Gasteiger partial charge in [0, 0.05) is 0 Å². The van der Waals surface area contributed by atoms with Crippen LogP contribution < -0.4 is 14.2 Å². The zero-order valence-corrected chi connectivity index (χ0v) is 22.3. The highest BCUT2D eigenvalue weighted by Crippen LogP contribution is 2.26. The van der Waals surface area contributed by atoms with Gasteiger partial charge in [-0.1, -0.05) is 13.3 Å². The molecule has 9 heteroatoms. The maximum atomic E-state index is 14.6. The second kappa shape index (κ2) is 14.3. The number of esters is 1. The second-order valence-electron chi connectivity index (χ2n) is 8.57. The van der Waals surface area contributed by atoms with Crippen LogP contribution in [0.3, 0.4) is 0 Å². The standard InChI is InChI=1S/C31H29FN4O4/c1-3-5-20-39-27-15-17-28(18-16-27)40-31(37)22-6-19-30(29(32)21-22)36-35-24-9-7-23(8-10-24)33-34-25-11-13-26(14-12-25)38-4-2/h6-19,21H,3-5,20H2,1-2H3. The first kappa shape index (κ1) is 28.1. The quantitative estimate of drug-likeness (QED) is 0.0774. The van der Waals surface area contributed by atoms with Crippen molar-refractivity contribution in [1.29, 1.82) is 0 Å². The maximum absolute atomic E-state index is 14.6. The van der Waals surface area contributed by atoms with Crippen molar-refractivity contribution in [3.8, 4) is 17.2 Å². The van der Waals surface area contributed by atoms with E-state index < -0.39 is 11.8 Å². The molecule has 0 aliphatic carbocycles. The number of azo groups is 2. The van der Waals surface area contributed by atoms with Crippen LogP contribution in [0.5, 0.6) is 17.2 Å². The first-order chi connectivity index (χ1) is 19.5. The smallest absolute Gasteiger partial charge is 0.343 e. The summed E-state index contributed by atoms with van der Waals surface area (Å²) in [6, 6.07) is 24.7. The van der Waals surface area contributed by atoms with E-state index in [9.17, 15) is 9.18 Å². The van der Waals surface area contributed by atoms with Gasteiger partial charge >= 0.3 is 5.97 Å². The molecule has 0 aliphatic heterocycles. The molecule has 204 valence electrons. The molecule has 0 atom stereocenters. The monoisotopic (exact) mass is 540 g/mol. The summed E-state index contributed by atoms with van der Waals surface area (Å²) >= 11 is 0. The molecule has 0 fully saturated rings. The van der Waals surface area contributed by atoms with Crippen LogP contribution in [0.2, 0.25) is 0 Å². The minimum Gasteiger partial charge on any atom is -0.494 e. The number of rotatable bonds is 12. The van der Waals surface area contributed by atoms with E-state index >= 15 is 0 Å². The fourth-order valence-electron chi connectivity index (χ4n) is 3.41. The first-order valence-corrected chi connectivity index (χ1v) is 12.9. The van der Waals surface area contributed by atoms with Gasteiger partial charge in [-0.3, -0.25) is 0 Å². The van der Waals surface area contributed by atoms with E-state index in [1.807, 2.05) is 31.2 Å². The number of unbranched alkanes of at least 4 members (excludes halogenated alkanes) is 1. The number of halogens is 1. The SMILES string of the molecule is CCCCOc1ccc(OC(=O)c2ccc(N=Nc3ccc(N=Nc4ccc(OCC)cc4)cc3)c(F)c2)cc1. The van der Waals surface area contributed by atoms with Crippen molar-refractivity contribution >= 4 is 28.7 Å². The minimum absolute atomic E-state index is 0.00982. The van der Waals surface area contributed by atoms with Crippen molar-refractivity contribution in [2.45, 2.75) is 26.7 Å². The number of benzene rings is 4. The van der Waals surface area contributed by atoms with Gasteiger partial charge in [0.15, 0.2) is 5.82 Å². The van der Waals surface area contributed by atoms with Crippen LogP contribution in [0.1, 0.15) is 37.0 Å². The van der Waals surface area contributed by atoms with Crippen molar-refractivity contribution < 1.29 is 23.4 Å². The molecule has 0 aliphatic rings. The average Bonchev–Trinajstić information content (AvgIpc) is 2.98. The second-order valence-corrected chi connectivity index (χ2v) is 8.57. The van der Waals surface area contributed by atoms with E-state index in [2.05, 4.69) is 27.4 Å². The third-order valence-electron chi connectivity index (χ3n) is 5.54. The summed E-state index contributed by atoms with van der Waals surface area (Å²) in [6.07, 6.45) is 2.00. The van der Waals surface area contributed by atoms with Gasteiger partial charge in [-0.2, -0.15) is 15.3 Å². The number of carbonyl (C=O) groups is 1.